The van der Waals surface area contributed by atoms with E-state index in [9.17, 15) is 36.6 Å². The molecule has 11 heteroatoms. The summed E-state index contributed by atoms with van der Waals surface area (Å²) in [6, 6.07) is 1.90. The molecule has 1 aromatic rings. The van der Waals surface area contributed by atoms with Crippen molar-refractivity contribution in [2.75, 3.05) is 0 Å². The summed E-state index contributed by atoms with van der Waals surface area (Å²) < 4.78 is 62.6. The number of nitrogens with one attached hydrogen (secondary N) is 2. The average Bonchev–Trinajstić information content (AvgIpc) is 2.56. The van der Waals surface area contributed by atoms with E-state index in [4.69, 9.17) is 5.21 Å². The maximum absolute atomic E-state index is 12.9. The molecule has 0 aliphatic heterocycles. The molecule has 0 aromatic heterocycles. The molecule has 0 aliphatic carbocycles. The largest absolute Gasteiger partial charge is 0.419 e. The molecular formula is C15H13F5N2O4. The van der Waals surface area contributed by atoms with Gasteiger partial charge in [-0.3, -0.25) is 14.8 Å². The maximum Gasteiger partial charge on any atom is 0.419 e. The van der Waals surface area contributed by atoms with E-state index < -0.39 is 36.1 Å². The van der Waals surface area contributed by atoms with Crippen LogP contribution in [-0.4, -0.2) is 46.4 Å². The standard InChI is InChI=1S/C15H13F5N2O4/c1-14(25,15(18,19)20)11(13(24)22-26)21-12(23)9-5-2-8(3-6-9)4-7-10(16)17/h2-3,5-6,10-11,25-26H,1H3,(H,21,23)(H,22,24)/t11-,14+/m1/s1. The zero-order valence-corrected chi connectivity index (χ0v) is 13.1. The van der Waals surface area contributed by atoms with Crippen molar-refractivity contribution in [3.8, 4) is 11.8 Å². The third-order valence-corrected chi connectivity index (χ3v) is 3.26. The van der Waals surface area contributed by atoms with Gasteiger partial charge in [-0.05, 0) is 37.1 Å². The van der Waals surface area contributed by atoms with Crippen LogP contribution in [0, 0.1) is 11.8 Å². The first-order valence-electron chi connectivity index (χ1n) is 6.83. The van der Waals surface area contributed by atoms with Crippen LogP contribution < -0.4 is 10.8 Å². The minimum Gasteiger partial charge on any atom is -0.379 e. The van der Waals surface area contributed by atoms with Crippen molar-refractivity contribution in [1.29, 1.82) is 0 Å². The Morgan fingerprint density at radius 3 is 2.12 bits per heavy atom. The van der Waals surface area contributed by atoms with Crippen LogP contribution in [0.3, 0.4) is 0 Å². The molecule has 0 aliphatic rings. The Morgan fingerprint density at radius 1 is 1.15 bits per heavy atom. The van der Waals surface area contributed by atoms with E-state index in [1.54, 1.807) is 11.2 Å². The van der Waals surface area contributed by atoms with Gasteiger partial charge in [0.1, 0.15) is 6.04 Å². The number of benzene rings is 1. The predicted molar refractivity (Wildman–Crippen MR) is 77.2 cm³/mol. The third kappa shape index (κ3) is 5.14. The lowest BCUT2D eigenvalue weighted by atomic mass is 9.94. The Labute approximate surface area is 144 Å². The summed E-state index contributed by atoms with van der Waals surface area (Å²) in [5, 5.41) is 19.8. The van der Waals surface area contributed by atoms with Crippen LogP contribution in [0.5, 0.6) is 0 Å². The van der Waals surface area contributed by atoms with E-state index in [1.807, 2.05) is 0 Å². The number of amides is 2. The third-order valence-electron chi connectivity index (χ3n) is 3.26. The second-order valence-electron chi connectivity index (χ2n) is 5.18. The van der Waals surface area contributed by atoms with Crippen molar-refractivity contribution in [1.82, 2.24) is 10.8 Å². The van der Waals surface area contributed by atoms with E-state index in [0.29, 0.717) is 0 Å². The topological polar surface area (TPSA) is 98.7 Å². The van der Waals surface area contributed by atoms with Crippen molar-refractivity contribution < 1.29 is 41.9 Å². The van der Waals surface area contributed by atoms with Gasteiger partial charge >= 0.3 is 6.18 Å². The summed E-state index contributed by atoms with van der Waals surface area (Å²) in [5.41, 5.74) is -2.86. The number of hydrogen-bond acceptors (Lipinski definition) is 4. The number of aliphatic hydroxyl groups is 1. The van der Waals surface area contributed by atoms with E-state index in [1.165, 1.54) is 0 Å². The average molecular weight is 380 g/mol. The lowest BCUT2D eigenvalue weighted by Crippen LogP contribution is -2.64. The van der Waals surface area contributed by atoms with Gasteiger partial charge in [0.25, 0.3) is 18.2 Å². The highest BCUT2D eigenvalue weighted by Gasteiger charge is 2.58. The molecule has 1 rings (SSSR count). The zero-order chi connectivity index (χ0) is 20.1. The summed E-state index contributed by atoms with van der Waals surface area (Å²) >= 11 is 0. The van der Waals surface area contributed by atoms with E-state index in [0.717, 1.165) is 29.7 Å². The number of rotatable bonds is 4. The van der Waals surface area contributed by atoms with Crippen LogP contribution in [0.4, 0.5) is 22.0 Å². The summed E-state index contributed by atoms with van der Waals surface area (Å²) in [6.45, 7) is 0.246. The molecule has 142 valence electrons. The number of halogens is 5. The molecular weight excluding hydrogens is 367 g/mol. The summed E-state index contributed by atoms with van der Waals surface area (Å²) in [6.07, 6.45) is -8.16. The highest BCUT2D eigenvalue weighted by atomic mass is 19.4. The van der Waals surface area contributed by atoms with Crippen molar-refractivity contribution in [3.63, 3.8) is 0 Å². The monoisotopic (exact) mass is 380 g/mol. The van der Waals surface area contributed by atoms with Crippen LogP contribution in [0.2, 0.25) is 0 Å². The first-order chi connectivity index (χ1) is 11.9. The summed E-state index contributed by atoms with van der Waals surface area (Å²) in [5.74, 6) is 0.806. The van der Waals surface area contributed by atoms with Gasteiger partial charge in [-0.25, -0.2) is 5.48 Å². The molecule has 2 amide bonds. The minimum atomic E-state index is -5.30. The maximum atomic E-state index is 12.9. The quantitative estimate of drug-likeness (QED) is 0.273. The first-order valence-corrected chi connectivity index (χ1v) is 6.83. The SMILES string of the molecule is C[C@](O)([C@H](NC(=O)c1ccc(C#CC(F)F)cc1)C(=O)NO)C(F)(F)F. The molecule has 0 fully saturated rings. The molecule has 0 saturated heterocycles. The normalized spacial score (nSPS) is 14.7. The lowest BCUT2D eigenvalue weighted by molar-refractivity contribution is -0.260. The van der Waals surface area contributed by atoms with Crippen molar-refractivity contribution in [2.45, 2.75) is 31.2 Å². The fraction of sp³-hybridized carbons (Fsp3) is 0.333. The van der Waals surface area contributed by atoms with Crippen molar-refractivity contribution >= 4 is 11.8 Å². The van der Waals surface area contributed by atoms with E-state index in [2.05, 4.69) is 5.92 Å². The first kappa shape index (κ1) is 21.3. The van der Waals surface area contributed by atoms with Gasteiger partial charge in [-0.2, -0.15) is 22.0 Å². The van der Waals surface area contributed by atoms with Crippen molar-refractivity contribution in [2.24, 2.45) is 0 Å². The molecule has 0 unspecified atom stereocenters. The zero-order valence-electron chi connectivity index (χ0n) is 13.1. The molecule has 0 bridgehead atoms. The highest BCUT2D eigenvalue weighted by Crippen LogP contribution is 2.33. The number of hydrogen-bond donors (Lipinski definition) is 4. The van der Waals surface area contributed by atoms with Crippen LogP contribution in [0.15, 0.2) is 24.3 Å². The molecule has 0 radical (unpaired) electrons. The highest BCUT2D eigenvalue weighted by molar-refractivity contribution is 5.97. The number of alkyl halides is 5. The molecule has 0 spiro atoms. The fourth-order valence-corrected chi connectivity index (χ4v) is 1.75. The van der Waals surface area contributed by atoms with Crippen LogP contribution >= 0.6 is 0 Å². The molecule has 26 heavy (non-hydrogen) atoms. The molecule has 0 heterocycles. The van der Waals surface area contributed by atoms with Gasteiger partial charge in [0.15, 0.2) is 5.60 Å². The Hall–Kier alpha value is -2.71. The smallest absolute Gasteiger partial charge is 0.379 e. The van der Waals surface area contributed by atoms with E-state index >= 15 is 0 Å². The Bertz CT molecular complexity index is 720. The Kier molecular flexibility index (Phi) is 6.66. The molecule has 2 atom stereocenters. The van der Waals surface area contributed by atoms with Gasteiger partial charge in [0.2, 0.25) is 0 Å². The Balaban J connectivity index is 3.05. The number of carbonyl (C=O) groups is 2. The lowest BCUT2D eigenvalue weighted by Gasteiger charge is -2.33. The number of carbonyl (C=O) groups excluding carboxylic acids is 2. The fourth-order valence-electron chi connectivity index (χ4n) is 1.75. The molecule has 0 saturated carbocycles. The van der Waals surface area contributed by atoms with Gasteiger partial charge in [0.05, 0.1) is 0 Å². The number of hydroxylamine groups is 1. The second kappa shape index (κ2) is 8.11. The summed E-state index contributed by atoms with van der Waals surface area (Å²) in [7, 11) is 0. The van der Waals surface area contributed by atoms with Gasteiger partial charge in [-0.1, -0.05) is 5.92 Å². The van der Waals surface area contributed by atoms with Crippen LogP contribution in [0.1, 0.15) is 22.8 Å². The summed E-state index contributed by atoms with van der Waals surface area (Å²) in [4.78, 5) is 23.5. The van der Waals surface area contributed by atoms with Gasteiger partial charge in [-0.15, -0.1) is 0 Å². The van der Waals surface area contributed by atoms with Crippen LogP contribution in [-0.2, 0) is 4.79 Å². The predicted octanol–water partition coefficient (Wildman–Crippen LogP) is 1.22. The second-order valence-corrected chi connectivity index (χ2v) is 5.18. The molecule has 6 nitrogen and oxygen atoms in total. The van der Waals surface area contributed by atoms with E-state index in [-0.39, 0.29) is 18.1 Å². The van der Waals surface area contributed by atoms with Gasteiger partial charge in [0, 0.05) is 11.1 Å². The van der Waals surface area contributed by atoms with Gasteiger partial charge < -0.3 is 10.4 Å². The van der Waals surface area contributed by atoms with Crippen molar-refractivity contribution in [3.05, 3.63) is 35.4 Å². The Morgan fingerprint density at radius 2 is 1.69 bits per heavy atom. The molecule has 1 aromatic carbocycles. The van der Waals surface area contributed by atoms with Crippen LogP contribution in [0.25, 0.3) is 0 Å². The minimum absolute atomic E-state index is 0.119. The molecule has 4 N–H and O–H groups in total.